The van der Waals surface area contributed by atoms with Gasteiger partial charge in [0, 0.05) is 22.8 Å². The molecule has 0 saturated heterocycles. The maximum atomic E-state index is 3.58. The standard InChI is InChI=1S/C30H28N2/c1-3-21-7-5-9-25(19-21)29-17-15-27(31-29)23-11-13-24(14-12-23)28-16-18-30(32-28)26-10-6-8-22(4-2)20-26/h5-20,31-32H,3-4H2,1-2H3. The van der Waals surface area contributed by atoms with Gasteiger partial charge in [0.25, 0.3) is 0 Å². The monoisotopic (exact) mass is 416 g/mol. The highest BCUT2D eigenvalue weighted by molar-refractivity contribution is 5.73. The van der Waals surface area contributed by atoms with E-state index in [1.54, 1.807) is 0 Å². The van der Waals surface area contributed by atoms with Crippen molar-refractivity contribution in [2.24, 2.45) is 0 Å². The minimum Gasteiger partial charge on any atom is -0.355 e. The van der Waals surface area contributed by atoms with Gasteiger partial charge >= 0.3 is 0 Å². The van der Waals surface area contributed by atoms with Crippen LogP contribution in [-0.4, -0.2) is 9.97 Å². The first-order valence-electron chi connectivity index (χ1n) is 11.4. The van der Waals surface area contributed by atoms with Crippen molar-refractivity contribution < 1.29 is 0 Å². The molecular weight excluding hydrogens is 388 g/mol. The zero-order valence-corrected chi connectivity index (χ0v) is 18.7. The fraction of sp³-hybridized carbons (Fsp3) is 0.133. The highest BCUT2D eigenvalue weighted by Crippen LogP contribution is 2.29. The minimum absolute atomic E-state index is 1.05. The fourth-order valence-corrected chi connectivity index (χ4v) is 4.21. The number of benzene rings is 3. The second-order valence-corrected chi connectivity index (χ2v) is 8.26. The molecule has 0 aliphatic heterocycles. The van der Waals surface area contributed by atoms with Crippen molar-refractivity contribution in [3.8, 4) is 45.0 Å². The molecule has 5 aromatic rings. The Labute approximate surface area is 190 Å². The number of hydrogen-bond acceptors (Lipinski definition) is 0. The summed E-state index contributed by atoms with van der Waals surface area (Å²) in [4.78, 5) is 7.17. The van der Waals surface area contributed by atoms with Gasteiger partial charge in [0.15, 0.2) is 0 Å². The molecule has 0 bridgehead atoms. The third kappa shape index (κ3) is 4.04. The molecule has 2 heterocycles. The number of rotatable bonds is 6. The van der Waals surface area contributed by atoms with Gasteiger partial charge in [-0.2, -0.15) is 0 Å². The molecule has 0 fully saturated rings. The SMILES string of the molecule is CCc1cccc(-c2ccc(-c3ccc(-c4ccc(-c5cccc(CC)c5)[nH]4)cc3)[nH]2)c1. The summed E-state index contributed by atoms with van der Waals surface area (Å²) in [6.07, 6.45) is 2.10. The lowest BCUT2D eigenvalue weighted by molar-refractivity contribution is 1.14. The van der Waals surface area contributed by atoms with Gasteiger partial charge in [0.2, 0.25) is 0 Å². The van der Waals surface area contributed by atoms with Gasteiger partial charge in [-0.05, 0) is 82.6 Å². The Balaban J connectivity index is 1.37. The molecule has 2 N–H and O–H groups in total. The molecule has 0 radical (unpaired) electrons. The summed E-state index contributed by atoms with van der Waals surface area (Å²) in [6.45, 7) is 4.38. The molecule has 3 aromatic carbocycles. The second-order valence-electron chi connectivity index (χ2n) is 8.26. The van der Waals surface area contributed by atoms with Crippen LogP contribution in [0.3, 0.4) is 0 Å². The molecule has 5 rings (SSSR count). The molecule has 0 spiro atoms. The Kier molecular flexibility index (Phi) is 5.51. The van der Waals surface area contributed by atoms with Crippen LogP contribution in [0.4, 0.5) is 0 Å². The van der Waals surface area contributed by atoms with Crippen molar-refractivity contribution >= 4 is 0 Å². The molecule has 0 aliphatic rings. The van der Waals surface area contributed by atoms with E-state index in [0.717, 1.165) is 35.6 Å². The summed E-state index contributed by atoms with van der Waals surface area (Å²) >= 11 is 0. The first kappa shape index (κ1) is 20.1. The molecule has 0 amide bonds. The molecular formula is C30H28N2. The first-order valence-corrected chi connectivity index (χ1v) is 11.4. The number of aromatic amines is 2. The highest BCUT2D eigenvalue weighted by atomic mass is 14.7. The predicted molar refractivity (Wildman–Crippen MR) is 136 cm³/mol. The van der Waals surface area contributed by atoms with E-state index >= 15 is 0 Å². The average molecular weight is 417 g/mol. The Morgan fingerprint density at radius 3 is 1.19 bits per heavy atom. The van der Waals surface area contributed by atoms with Crippen LogP contribution in [0.25, 0.3) is 45.0 Å². The van der Waals surface area contributed by atoms with Crippen molar-refractivity contribution in [2.75, 3.05) is 0 Å². The summed E-state index contributed by atoms with van der Waals surface area (Å²) < 4.78 is 0. The Hall–Kier alpha value is -3.78. The van der Waals surface area contributed by atoms with Crippen LogP contribution in [0.5, 0.6) is 0 Å². The quantitative estimate of drug-likeness (QED) is 0.280. The van der Waals surface area contributed by atoms with Crippen molar-refractivity contribution in [3.05, 3.63) is 108 Å². The van der Waals surface area contributed by atoms with Crippen LogP contribution in [0.2, 0.25) is 0 Å². The topological polar surface area (TPSA) is 31.6 Å². The molecule has 158 valence electrons. The van der Waals surface area contributed by atoms with E-state index in [2.05, 4.69) is 121 Å². The minimum atomic E-state index is 1.05. The van der Waals surface area contributed by atoms with Crippen molar-refractivity contribution in [1.29, 1.82) is 0 Å². The number of nitrogens with one attached hydrogen (secondary N) is 2. The van der Waals surface area contributed by atoms with E-state index in [9.17, 15) is 0 Å². The van der Waals surface area contributed by atoms with E-state index in [1.807, 2.05) is 0 Å². The van der Waals surface area contributed by atoms with Gasteiger partial charge in [-0.25, -0.2) is 0 Å². The maximum Gasteiger partial charge on any atom is 0.0458 e. The molecule has 2 heteroatoms. The van der Waals surface area contributed by atoms with E-state index in [0.29, 0.717) is 0 Å². The Morgan fingerprint density at radius 2 is 0.812 bits per heavy atom. The second kappa shape index (κ2) is 8.76. The van der Waals surface area contributed by atoms with Gasteiger partial charge in [0.05, 0.1) is 0 Å². The van der Waals surface area contributed by atoms with Crippen LogP contribution < -0.4 is 0 Å². The lowest BCUT2D eigenvalue weighted by Gasteiger charge is -2.04. The summed E-state index contributed by atoms with van der Waals surface area (Å²) in [6, 6.07) is 34.9. The van der Waals surface area contributed by atoms with E-state index in [4.69, 9.17) is 0 Å². The highest BCUT2D eigenvalue weighted by Gasteiger charge is 2.07. The van der Waals surface area contributed by atoms with Crippen molar-refractivity contribution in [1.82, 2.24) is 9.97 Å². The number of H-pyrrole nitrogens is 2. The molecule has 0 saturated carbocycles. The van der Waals surface area contributed by atoms with Crippen LogP contribution >= 0.6 is 0 Å². The Bertz CT molecular complexity index is 1230. The fourth-order valence-electron chi connectivity index (χ4n) is 4.21. The normalized spacial score (nSPS) is 11.1. The van der Waals surface area contributed by atoms with Crippen LogP contribution in [0, 0.1) is 0 Å². The van der Waals surface area contributed by atoms with E-state index in [1.165, 1.54) is 33.4 Å². The largest absolute Gasteiger partial charge is 0.355 e. The van der Waals surface area contributed by atoms with E-state index in [-0.39, 0.29) is 0 Å². The van der Waals surface area contributed by atoms with Gasteiger partial charge in [-0.15, -0.1) is 0 Å². The zero-order valence-electron chi connectivity index (χ0n) is 18.7. The molecule has 0 atom stereocenters. The molecule has 0 aliphatic carbocycles. The molecule has 32 heavy (non-hydrogen) atoms. The predicted octanol–water partition coefficient (Wildman–Crippen LogP) is 8.14. The average Bonchev–Trinajstić information content (AvgIpc) is 3.55. The number of hydrogen-bond donors (Lipinski definition) is 2. The van der Waals surface area contributed by atoms with Crippen LogP contribution in [0.1, 0.15) is 25.0 Å². The number of aromatic nitrogens is 2. The molecule has 0 unspecified atom stereocenters. The summed E-state index contributed by atoms with van der Waals surface area (Å²) in [5.74, 6) is 0. The molecule has 2 aromatic heterocycles. The summed E-state index contributed by atoms with van der Waals surface area (Å²) in [5.41, 5.74) is 12.1. The van der Waals surface area contributed by atoms with E-state index < -0.39 is 0 Å². The summed E-state index contributed by atoms with van der Waals surface area (Å²) in [7, 11) is 0. The van der Waals surface area contributed by atoms with Gasteiger partial charge in [0.1, 0.15) is 0 Å². The third-order valence-electron chi connectivity index (χ3n) is 6.17. The van der Waals surface area contributed by atoms with Gasteiger partial charge in [-0.3, -0.25) is 0 Å². The smallest absolute Gasteiger partial charge is 0.0458 e. The molecule has 2 nitrogen and oxygen atoms in total. The van der Waals surface area contributed by atoms with Crippen LogP contribution in [-0.2, 0) is 12.8 Å². The Morgan fingerprint density at radius 1 is 0.438 bits per heavy atom. The lowest BCUT2D eigenvalue weighted by Crippen LogP contribution is -1.84. The summed E-state index contributed by atoms with van der Waals surface area (Å²) in [5, 5.41) is 0. The van der Waals surface area contributed by atoms with Crippen molar-refractivity contribution in [3.63, 3.8) is 0 Å². The maximum absolute atomic E-state index is 3.58. The van der Waals surface area contributed by atoms with Gasteiger partial charge in [-0.1, -0.05) is 74.5 Å². The first-order chi connectivity index (χ1) is 15.7. The van der Waals surface area contributed by atoms with Gasteiger partial charge < -0.3 is 9.97 Å². The zero-order chi connectivity index (χ0) is 21.9. The third-order valence-corrected chi connectivity index (χ3v) is 6.17. The number of aryl methyl sites for hydroxylation is 2. The van der Waals surface area contributed by atoms with Crippen LogP contribution in [0.15, 0.2) is 97.1 Å². The lowest BCUT2D eigenvalue weighted by atomic mass is 10.1. The van der Waals surface area contributed by atoms with Crippen molar-refractivity contribution in [2.45, 2.75) is 26.7 Å².